The van der Waals surface area contributed by atoms with Gasteiger partial charge in [0, 0.05) is 13.1 Å². The number of methoxy groups -OCH3 is 1. The van der Waals surface area contributed by atoms with Crippen LogP contribution in [0.2, 0.25) is 0 Å². The maximum absolute atomic E-state index is 14.3. The molecule has 4 saturated carbocycles. The lowest BCUT2D eigenvalue weighted by atomic mass is 9.49. The van der Waals surface area contributed by atoms with Gasteiger partial charge in [-0.3, -0.25) is 19.3 Å². The van der Waals surface area contributed by atoms with Gasteiger partial charge in [0.05, 0.1) is 29.3 Å². The molecule has 6 heteroatoms. The smallest absolute Gasteiger partial charge is 0.261 e. The average molecular weight is 459 g/mol. The van der Waals surface area contributed by atoms with E-state index in [-0.39, 0.29) is 36.2 Å². The van der Waals surface area contributed by atoms with E-state index < -0.39 is 0 Å². The number of nitrogens with zero attached hydrogens (tertiary/aromatic N) is 2. The molecule has 1 aliphatic heterocycles. The number of para-hydroxylation sites is 2. The molecule has 34 heavy (non-hydrogen) atoms. The minimum Gasteiger partial charge on any atom is -0.495 e. The van der Waals surface area contributed by atoms with Gasteiger partial charge in [0.1, 0.15) is 5.75 Å². The SMILES string of the molecule is COc1ccccc1N(CCN1C(=O)c2ccccc2C1=O)C(=O)C12CC3CC(CC(C3)C1)C2. The lowest BCUT2D eigenvalue weighted by Gasteiger charge is -2.56. The largest absolute Gasteiger partial charge is 0.495 e. The van der Waals surface area contributed by atoms with Crippen molar-refractivity contribution in [3.63, 3.8) is 0 Å². The molecule has 4 fully saturated rings. The van der Waals surface area contributed by atoms with Gasteiger partial charge < -0.3 is 9.64 Å². The topological polar surface area (TPSA) is 66.9 Å². The Balaban J connectivity index is 1.31. The highest BCUT2D eigenvalue weighted by atomic mass is 16.5. The van der Waals surface area contributed by atoms with E-state index in [9.17, 15) is 14.4 Å². The van der Waals surface area contributed by atoms with Gasteiger partial charge in [-0.1, -0.05) is 24.3 Å². The summed E-state index contributed by atoms with van der Waals surface area (Å²) in [7, 11) is 1.61. The lowest BCUT2D eigenvalue weighted by Crippen LogP contribution is -2.55. The summed E-state index contributed by atoms with van der Waals surface area (Å²) in [6.07, 6.45) is 6.65. The molecule has 6 nitrogen and oxygen atoms in total. The standard InChI is InChI=1S/C28H30N2O4/c1-34-24-9-5-4-8-23(24)29(10-11-30-25(31)21-6-2-3-7-22(21)26(30)32)27(33)28-15-18-12-19(16-28)14-20(13-18)17-28/h2-9,18-20H,10-17H2,1H3. The molecule has 3 amide bonds. The van der Waals surface area contributed by atoms with Crippen LogP contribution in [0.15, 0.2) is 48.5 Å². The van der Waals surface area contributed by atoms with Crippen LogP contribution in [-0.4, -0.2) is 42.8 Å². The fraction of sp³-hybridized carbons (Fsp3) is 0.464. The molecular formula is C28H30N2O4. The number of hydrogen-bond donors (Lipinski definition) is 0. The Morgan fingerprint density at radius 3 is 2.00 bits per heavy atom. The summed E-state index contributed by atoms with van der Waals surface area (Å²) >= 11 is 0. The molecule has 4 bridgehead atoms. The minimum atomic E-state index is -0.336. The number of benzene rings is 2. The van der Waals surface area contributed by atoms with Crippen molar-refractivity contribution in [2.24, 2.45) is 23.2 Å². The van der Waals surface area contributed by atoms with E-state index in [4.69, 9.17) is 4.74 Å². The number of fused-ring (bicyclic) bond motifs is 1. The second kappa shape index (κ2) is 7.97. The Morgan fingerprint density at radius 2 is 1.44 bits per heavy atom. The van der Waals surface area contributed by atoms with Gasteiger partial charge in [-0.05, 0) is 80.5 Å². The van der Waals surface area contributed by atoms with Gasteiger partial charge in [-0.15, -0.1) is 0 Å². The lowest BCUT2D eigenvalue weighted by molar-refractivity contribution is -0.143. The van der Waals surface area contributed by atoms with Crippen molar-refractivity contribution in [1.29, 1.82) is 0 Å². The molecule has 0 saturated heterocycles. The van der Waals surface area contributed by atoms with Crippen molar-refractivity contribution in [3.05, 3.63) is 59.7 Å². The summed E-state index contributed by atoms with van der Waals surface area (Å²) < 4.78 is 5.62. The number of imide groups is 1. The van der Waals surface area contributed by atoms with Crippen molar-refractivity contribution in [2.45, 2.75) is 38.5 Å². The maximum Gasteiger partial charge on any atom is 0.261 e. The van der Waals surface area contributed by atoms with Gasteiger partial charge in [0.25, 0.3) is 11.8 Å². The van der Waals surface area contributed by atoms with Crippen LogP contribution < -0.4 is 9.64 Å². The minimum absolute atomic E-state index is 0.132. The van der Waals surface area contributed by atoms with Crippen molar-refractivity contribution in [1.82, 2.24) is 4.90 Å². The Hall–Kier alpha value is -3.15. The number of hydrogen-bond acceptors (Lipinski definition) is 4. The predicted molar refractivity (Wildman–Crippen MR) is 128 cm³/mol. The van der Waals surface area contributed by atoms with Gasteiger partial charge in [0.15, 0.2) is 0 Å². The zero-order chi connectivity index (χ0) is 23.4. The van der Waals surface area contributed by atoms with Gasteiger partial charge in [-0.2, -0.15) is 0 Å². The number of rotatable bonds is 6. The number of carbonyl (C=O) groups is 3. The van der Waals surface area contributed by atoms with E-state index in [1.54, 1.807) is 36.3 Å². The summed E-state index contributed by atoms with van der Waals surface area (Å²) in [5.41, 5.74) is 1.24. The molecule has 0 spiro atoms. The van der Waals surface area contributed by atoms with Gasteiger partial charge in [-0.25, -0.2) is 0 Å². The van der Waals surface area contributed by atoms with Crippen LogP contribution in [-0.2, 0) is 4.79 Å². The van der Waals surface area contributed by atoms with Crippen molar-refractivity contribution in [2.75, 3.05) is 25.1 Å². The number of carbonyl (C=O) groups excluding carboxylic acids is 3. The molecule has 5 aliphatic rings. The van der Waals surface area contributed by atoms with Gasteiger partial charge >= 0.3 is 0 Å². The van der Waals surface area contributed by atoms with E-state index in [2.05, 4.69) is 0 Å². The molecule has 7 rings (SSSR count). The van der Waals surface area contributed by atoms with Crippen molar-refractivity contribution in [3.8, 4) is 5.75 Å². The quantitative estimate of drug-likeness (QED) is 0.596. The van der Waals surface area contributed by atoms with Crippen LogP contribution in [0.1, 0.15) is 59.2 Å². The molecule has 0 N–H and O–H groups in total. The molecule has 1 heterocycles. The summed E-state index contributed by atoms with van der Waals surface area (Å²) in [6.45, 7) is 0.412. The second-order valence-electron chi connectivity index (χ2n) is 10.6. The molecule has 0 aromatic heterocycles. The third-order valence-electron chi connectivity index (χ3n) is 8.54. The Bertz CT molecular complexity index is 1100. The summed E-state index contributed by atoms with van der Waals surface area (Å²) in [5, 5.41) is 0. The third kappa shape index (κ3) is 3.26. The Morgan fingerprint density at radius 1 is 0.912 bits per heavy atom. The van der Waals surface area contributed by atoms with E-state index >= 15 is 0 Å². The molecule has 0 radical (unpaired) electrons. The van der Waals surface area contributed by atoms with E-state index in [0.29, 0.717) is 40.3 Å². The third-order valence-corrected chi connectivity index (χ3v) is 8.54. The van der Waals surface area contributed by atoms with Crippen molar-refractivity contribution < 1.29 is 19.1 Å². The zero-order valence-electron chi connectivity index (χ0n) is 19.5. The molecular weight excluding hydrogens is 428 g/mol. The summed E-state index contributed by atoms with van der Waals surface area (Å²) in [5.74, 6) is 2.11. The first kappa shape index (κ1) is 21.4. The normalized spacial score (nSPS) is 28.9. The fourth-order valence-corrected chi connectivity index (χ4v) is 7.49. The van der Waals surface area contributed by atoms with Crippen LogP contribution in [0.3, 0.4) is 0 Å². The highest BCUT2D eigenvalue weighted by Gasteiger charge is 2.56. The van der Waals surface area contributed by atoms with E-state index in [0.717, 1.165) is 19.3 Å². The first-order chi connectivity index (χ1) is 16.5. The summed E-state index contributed by atoms with van der Waals surface area (Å²) in [6, 6.07) is 14.5. The first-order valence-corrected chi connectivity index (χ1v) is 12.4. The monoisotopic (exact) mass is 458 g/mol. The van der Waals surface area contributed by atoms with Gasteiger partial charge in [0.2, 0.25) is 5.91 Å². The molecule has 2 aromatic carbocycles. The van der Waals surface area contributed by atoms with Crippen LogP contribution >= 0.6 is 0 Å². The highest BCUT2D eigenvalue weighted by molar-refractivity contribution is 6.21. The Kier molecular flexibility index (Phi) is 5.01. The van der Waals surface area contributed by atoms with Crippen LogP contribution in [0.4, 0.5) is 5.69 Å². The summed E-state index contributed by atoms with van der Waals surface area (Å²) in [4.78, 5) is 43.3. The first-order valence-electron chi connectivity index (χ1n) is 12.4. The maximum atomic E-state index is 14.3. The molecule has 176 valence electrons. The van der Waals surface area contributed by atoms with Crippen LogP contribution in [0.5, 0.6) is 5.75 Å². The fourth-order valence-electron chi connectivity index (χ4n) is 7.49. The van der Waals surface area contributed by atoms with E-state index in [1.807, 2.05) is 24.3 Å². The van der Waals surface area contributed by atoms with Crippen LogP contribution in [0.25, 0.3) is 0 Å². The predicted octanol–water partition coefficient (Wildman–Crippen LogP) is 4.54. The second-order valence-corrected chi connectivity index (χ2v) is 10.6. The average Bonchev–Trinajstić information content (AvgIpc) is 3.08. The Labute approximate surface area is 199 Å². The number of ether oxygens (including phenoxy) is 1. The molecule has 4 aliphatic carbocycles. The highest BCUT2D eigenvalue weighted by Crippen LogP contribution is 2.60. The molecule has 0 atom stereocenters. The number of anilines is 1. The molecule has 0 unspecified atom stereocenters. The van der Waals surface area contributed by atoms with Crippen molar-refractivity contribution >= 4 is 23.4 Å². The van der Waals surface area contributed by atoms with E-state index in [1.165, 1.54) is 24.2 Å². The zero-order valence-corrected chi connectivity index (χ0v) is 19.5. The molecule has 2 aromatic rings. The van der Waals surface area contributed by atoms with Crippen LogP contribution in [0, 0.1) is 23.2 Å². The number of amides is 3.